The number of furan rings is 2. The Kier molecular flexibility index (Phi) is 3.97. The molecule has 0 saturated carbocycles. The molecule has 0 spiro atoms. The minimum Gasteiger partial charge on any atom is -0.466 e. The van der Waals surface area contributed by atoms with Crippen molar-refractivity contribution in [2.24, 2.45) is 0 Å². The van der Waals surface area contributed by atoms with Crippen LogP contribution in [0.25, 0.3) is 0 Å². The highest BCUT2D eigenvalue weighted by atomic mass is 79.9. The van der Waals surface area contributed by atoms with Crippen LogP contribution in [-0.2, 0) is 0 Å². The van der Waals surface area contributed by atoms with E-state index in [1.807, 2.05) is 26.0 Å². The standard InChI is InChI=1S/C14H18BrNO2/c1-5-16-14(11-6-7-12(15)18-11)13-8(2)9(3)17-10(13)4/h6-7,14,16H,5H2,1-4H3. The average molecular weight is 312 g/mol. The zero-order valence-corrected chi connectivity index (χ0v) is 12.7. The molecule has 0 saturated heterocycles. The predicted octanol–water partition coefficient (Wildman–Crippen LogP) is 4.26. The van der Waals surface area contributed by atoms with E-state index in [0.29, 0.717) is 0 Å². The molecule has 0 bridgehead atoms. The summed E-state index contributed by atoms with van der Waals surface area (Å²) in [6.07, 6.45) is 0. The maximum absolute atomic E-state index is 5.71. The van der Waals surface area contributed by atoms with E-state index in [9.17, 15) is 0 Å². The van der Waals surface area contributed by atoms with Gasteiger partial charge < -0.3 is 14.2 Å². The molecule has 0 aliphatic carbocycles. The zero-order chi connectivity index (χ0) is 13.3. The molecule has 0 radical (unpaired) electrons. The first kappa shape index (κ1) is 13.4. The van der Waals surface area contributed by atoms with E-state index < -0.39 is 0 Å². The van der Waals surface area contributed by atoms with Crippen LogP contribution >= 0.6 is 15.9 Å². The van der Waals surface area contributed by atoms with Crippen molar-refractivity contribution in [3.05, 3.63) is 45.2 Å². The van der Waals surface area contributed by atoms with Gasteiger partial charge in [0.1, 0.15) is 17.3 Å². The summed E-state index contributed by atoms with van der Waals surface area (Å²) in [6.45, 7) is 9.03. The van der Waals surface area contributed by atoms with Crippen molar-refractivity contribution in [2.75, 3.05) is 6.54 Å². The molecule has 3 nitrogen and oxygen atoms in total. The summed E-state index contributed by atoms with van der Waals surface area (Å²) in [5.41, 5.74) is 2.36. The largest absolute Gasteiger partial charge is 0.466 e. The van der Waals surface area contributed by atoms with Crippen LogP contribution in [0.3, 0.4) is 0 Å². The summed E-state index contributed by atoms with van der Waals surface area (Å²) in [5, 5.41) is 3.45. The monoisotopic (exact) mass is 311 g/mol. The fraction of sp³-hybridized carbons (Fsp3) is 0.429. The van der Waals surface area contributed by atoms with E-state index >= 15 is 0 Å². The second-order valence-electron chi connectivity index (χ2n) is 4.39. The fourth-order valence-electron chi connectivity index (χ4n) is 2.27. The molecule has 1 atom stereocenters. The molecule has 1 N–H and O–H groups in total. The summed E-state index contributed by atoms with van der Waals surface area (Å²) in [6, 6.07) is 3.94. The van der Waals surface area contributed by atoms with Crippen LogP contribution < -0.4 is 5.32 Å². The van der Waals surface area contributed by atoms with Crippen LogP contribution in [0.4, 0.5) is 0 Å². The maximum Gasteiger partial charge on any atom is 0.169 e. The van der Waals surface area contributed by atoms with Gasteiger partial charge in [0.05, 0.1) is 6.04 Å². The first-order valence-corrected chi connectivity index (χ1v) is 6.89. The smallest absolute Gasteiger partial charge is 0.169 e. The van der Waals surface area contributed by atoms with Crippen LogP contribution in [0.2, 0.25) is 0 Å². The maximum atomic E-state index is 5.71. The lowest BCUT2D eigenvalue weighted by atomic mass is 10.00. The van der Waals surface area contributed by atoms with Gasteiger partial charge in [-0.05, 0) is 60.9 Å². The first-order valence-electron chi connectivity index (χ1n) is 6.09. The quantitative estimate of drug-likeness (QED) is 0.917. The number of nitrogens with one attached hydrogen (secondary N) is 1. The SMILES string of the molecule is CCNC(c1ccc(Br)o1)c1c(C)oc(C)c1C. The fourth-order valence-corrected chi connectivity index (χ4v) is 2.59. The Balaban J connectivity index is 2.47. The Labute approximate surface area is 116 Å². The molecule has 1 unspecified atom stereocenters. The number of aryl methyl sites for hydroxylation is 2. The molecule has 0 aliphatic rings. The van der Waals surface area contributed by atoms with Crippen molar-refractivity contribution in [1.82, 2.24) is 5.32 Å². The van der Waals surface area contributed by atoms with Crippen LogP contribution in [0.5, 0.6) is 0 Å². The lowest BCUT2D eigenvalue weighted by molar-refractivity contribution is 0.430. The van der Waals surface area contributed by atoms with E-state index in [0.717, 1.165) is 28.5 Å². The van der Waals surface area contributed by atoms with Crippen molar-refractivity contribution in [3.8, 4) is 0 Å². The minimum absolute atomic E-state index is 0.0405. The van der Waals surface area contributed by atoms with E-state index in [-0.39, 0.29) is 6.04 Å². The Bertz CT molecular complexity index is 542. The highest BCUT2D eigenvalue weighted by Crippen LogP contribution is 2.33. The summed E-state index contributed by atoms with van der Waals surface area (Å²) < 4.78 is 12.1. The second kappa shape index (κ2) is 5.33. The van der Waals surface area contributed by atoms with Crippen molar-refractivity contribution in [1.29, 1.82) is 0 Å². The number of hydrogen-bond donors (Lipinski definition) is 1. The zero-order valence-electron chi connectivity index (χ0n) is 11.1. The van der Waals surface area contributed by atoms with Crippen LogP contribution in [0.1, 0.15) is 41.4 Å². The van der Waals surface area contributed by atoms with Crippen LogP contribution in [-0.4, -0.2) is 6.54 Å². The van der Waals surface area contributed by atoms with Gasteiger partial charge in [-0.3, -0.25) is 0 Å². The van der Waals surface area contributed by atoms with Crippen molar-refractivity contribution in [2.45, 2.75) is 33.7 Å². The van der Waals surface area contributed by atoms with E-state index in [2.05, 4.69) is 35.1 Å². The number of halogens is 1. The number of hydrogen-bond acceptors (Lipinski definition) is 3. The van der Waals surface area contributed by atoms with Gasteiger partial charge in [0, 0.05) is 5.56 Å². The van der Waals surface area contributed by atoms with Gasteiger partial charge in [-0.15, -0.1) is 0 Å². The third-order valence-corrected chi connectivity index (χ3v) is 3.62. The summed E-state index contributed by atoms with van der Waals surface area (Å²) >= 11 is 3.35. The molecule has 0 fully saturated rings. The Morgan fingerprint density at radius 1 is 1.17 bits per heavy atom. The summed E-state index contributed by atoms with van der Waals surface area (Å²) in [4.78, 5) is 0. The van der Waals surface area contributed by atoms with Crippen LogP contribution in [0.15, 0.2) is 25.6 Å². The molecule has 0 aliphatic heterocycles. The lowest BCUT2D eigenvalue weighted by Gasteiger charge is -2.16. The lowest BCUT2D eigenvalue weighted by Crippen LogP contribution is -2.22. The van der Waals surface area contributed by atoms with Gasteiger partial charge in [0.25, 0.3) is 0 Å². The molecule has 98 valence electrons. The first-order chi connectivity index (χ1) is 8.54. The van der Waals surface area contributed by atoms with Gasteiger partial charge in [0.2, 0.25) is 0 Å². The van der Waals surface area contributed by atoms with Gasteiger partial charge in [0.15, 0.2) is 4.67 Å². The number of rotatable bonds is 4. The third-order valence-electron chi connectivity index (χ3n) is 3.19. The Morgan fingerprint density at radius 2 is 1.89 bits per heavy atom. The van der Waals surface area contributed by atoms with Crippen molar-refractivity contribution >= 4 is 15.9 Å². The molecule has 4 heteroatoms. The molecule has 18 heavy (non-hydrogen) atoms. The molecular weight excluding hydrogens is 294 g/mol. The van der Waals surface area contributed by atoms with Crippen LogP contribution in [0, 0.1) is 20.8 Å². The van der Waals surface area contributed by atoms with Gasteiger partial charge in [-0.1, -0.05) is 6.92 Å². The molecule has 2 heterocycles. The molecule has 0 aromatic carbocycles. The predicted molar refractivity (Wildman–Crippen MR) is 74.8 cm³/mol. The third kappa shape index (κ3) is 2.40. The van der Waals surface area contributed by atoms with E-state index in [1.54, 1.807) is 0 Å². The topological polar surface area (TPSA) is 38.3 Å². The van der Waals surface area contributed by atoms with Gasteiger partial charge >= 0.3 is 0 Å². The highest BCUT2D eigenvalue weighted by Gasteiger charge is 2.24. The minimum atomic E-state index is 0.0405. The van der Waals surface area contributed by atoms with Gasteiger partial charge in [-0.25, -0.2) is 0 Å². The van der Waals surface area contributed by atoms with E-state index in [1.165, 1.54) is 11.1 Å². The normalized spacial score (nSPS) is 12.9. The molecular formula is C14H18BrNO2. The Hall–Kier alpha value is -1.00. The van der Waals surface area contributed by atoms with Gasteiger partial charge in [-0.2, -0.15) is 0 Å². The van der Waals surface area contributed by atoms with Crippen molar-refractivity contribution < 1.29 is 8.83 Å². The summed E-state index contributed by atoms with van der Waals surface area (Å²) in [5.74, 6) is 2.82. The highest BCUT2D eigenvalue weighted by molar-refractivity contribution is 9.10. The second-order valence-corrected chi connectivity index (χ2v) is 5.17. The molecule has 2 aromatic heterocycles. The Morgan fingerprint density at radius 3 is 2.33 bits per heavy atom. The average Bonchev–Trinajstić information content (AvgIpc) is 2.83. The molecule has 2 aromatic rings. The van der Waals surface area contributed by atoms with Crippen molar-refractivity contribution in [3.63, 3.8) is 0 Å². The summed E-state index contributed by atoms with van der Waals surface area (Å²) in [7, 11) is 0. The molecule has 0 amide bonds. The van der Waals surface area contributed by atoms with E-state index in [4.69, 9.17) is 8.83 Å². The molecule has 2 rings (SSSR count).